The highest BCUT2D eigenvalue weighted by atomic mass is 32.2. The molecule has 0 saturated heterocycles. The van der Waals surface area contributed by atoms with Gasteiger partial charge in [-0.2, -0.15) is 0 Å². The third kappa shape index (κ3) is 4.85. The quantitative estimate of drug-likeness (QED) is 0.622. The Morgan fingerprint density at radius 1 is 1.38 bits per heavy atom. The summed E-state index contributed by atoms with van der Waals surface area (Å²) in [5.41, 5.74) is 1.52. The van der Waals surface area contributed by atoms with Crippen LogP contribution in [0, 0.1) is 24.7 Å². The fourth-order valence-electron chi connectivity index (χ4n) is 2.17. The molecule has 0 aliphatic heterocycles. The first-order valence-corrected chi connectivity index (χ1v) is 8.71. The molecule has 0 bridgehead atoms. The summed E-state index contributed by atoms with van der Waals surface area (Å²) in [5, 5.41) is 8.69. The van der Waals surface area contributed by atoms with Gasteiger partial charge in [0, 0.05) is 12.1 Å². The Labute approximate surface area is 126 Å². The Hall–Kier alpha value is -1.35. The van der Waals surface area contributed by atoms with Crippen molar-refractivity contribution in [3.8, 4) is 11.8 Å². The van der Waals surface area contributed by atoms with Crippen molar-refractivity contribution in [2.24, 2.45) is 5.92 Å². The molecule has 1 aromatic carbocycles. The number of benzene rings is 1. The number of aryl methyl sites for hydroxylation is 1. The fraction of sp³-hybridized carbons (Fsp3) is 0.500. The maximum absolute atomic E-state index is 12.2. The van der Waals surface area contributed by atoms with Crippen molar-refractivity contribution in [2.75, 3.05) is 13.2 Å². The Balaban J connectivity index is 1.99. The molecule has 0 spiro atoms. The van der Waals surface area contributed by atoms with Gasteiger partial charge in [-0.3, -0.25) is 0 Å². The number of aliphatic hydroxyl groups excluding tert-OH is 1. The van der Waals surface area contributed by atoms with Crippen molar-refractivity contribution in [3.05, 3.63) is 29.3 Å². The molecule has 2 N–H and O–H groups in total. The molecule has 114 valence electrons. The molecule has 1 aromatic rings. The van der Waals surface area contributed by atoms with E-state index >= 15 is 0 Å². The molecule has 0 aromatic heterocycles. The van der Waals surface area contributed by atoms with E-state index in [9.17, 15) is 8.42 Å². The van der Waals surface area contributed by atoms with Gasteiger partial charge < -0.3 is 5.11 Å². The second-order valence-electron chi connectivity index (χ2n) is 5.42. The summed E-state index contributed by atoms with van der Waals surface area (Å²) in [6.07, 6.45) is 4.59. The second-order valence-corrected chi connectivity index (χ2v) is 7.19. The van der Waals surface area contributed by atoms with E-state index in [0.717, 1.165) is 29.9 Å². The Bertz CT molecular complexity index is 652. The molecular weight excluding hydrogens is 286 g/mol. The largest absolute Gasteiger partial charge is 0.384 e. The van der Waals surface area contributed by atoms with E-state index in [1.54, 1.807) is 18.2 Å². The van der Waals surface area contributed by atoms with Crippen LogP contribution in [-0.4, -0.2) is 26.7 Å². The van der Waals surface area contributed by atoms with Crippen molar-refractivity contribution in [2.45, 2.75) is 37.5 Å². The lowest BCUT2D eigenvalue weighted by Crippen LogP contribution is -2.25. The highest BCUT2D eigenvalue weighted by molar-refractivity contribution is 7.89. The van der Waals surface area contributed by atoms with E-state index in [0.29, 0.717) is 6.54 Å². The lowest BCUT2D eigenvalue weighted by atomic mass is 10.1. The molecule has 1 saturated carbocycles. The van der Waals surface area contributed by atoms with Gasteiger partial charge in [0.05, 0.1) is 4.90 Å². The van der Waals surface area contributed by atoms with Gasteiger partial charge in [0.15, 0.2) is 0 Å². The zero-order chi connectivity index (χ0) is 15.3. The summed E-state index contributed by atoms with van der Waals surface area (Å²) in [7, 11) is -3.45. The van der Waals surface area contributed by atoms with Crippen LogP contribution in [0.2, 0.25) is 0 Å². The molecule has 2 rings (SSSR count). The number of nitrogens with one attached hydrogen (secondary N) is 1. The number of hydrogen-bond acceptors (Lipinski definition) is 3. The zero-order valence-corrected chi connectivity index (χ0v) is 13.0. The minimum Gasteiger partial charge on any atom is -0.384 e. The molecule has 0 heterocycles. The molecule has 4 nitrogen and oxygen atoms in total. The lowest BCUT2D eigenvalue weighted by molar-refractivity contribution is 0.350. The van der Waals surface area contributed by atoms with Crippen LogP contribution in [0.15, 0.2) is 23.1 Å². The van der Waals surface area contributed by atoms with Gasteiger partial charge in [-0.1, -0.05) is 24.7 Å². The van der Waals surface area contributed by atoms with Crippen LogP contribution in [-0.2, 0) is 10.0 Å². The Morgan fingerprint density at radius 2 is 2.14 bits per heavy atom. The maximum Gasteiger partial charge on any atom is 0.240 e. The van der Waals surface area contributed by atoms with E-state index in [1.807, 2.05) is 6.92 Å². The number of sulfonamides is 1. The molecule has 0 amide bonds. The minimum atomic E-state index is -3.45. The topological polar surface area (TPSA) is 66.4 Å². The first-order chi connectivity index (χ1) is 10.0. The predicted octanol–water partition coefficient (Wildman–Crippen LogP) is 1.81. The van der Waals surface area contributed by atoms with Crippen LogP contribution < -0.4 is 4.72 Å². The molecule has 0 atom stereocenters. The van der Waals surface area contributed by atoms with Gasteiger partial charge in [0.1, 0.15) is 6.61 Å². The van der Waals surface area contributed by atoms with Gasteiger partial charge in [-0.05, 0) is 49.4 Å². The van der Waals surface area contributed by atoms with Gasteiger partial charge in [0.2, 0.25) is 10.0 Å². The average molecular weight is 307 g/mol. The molecule has 1 aliphatic carbocycles. The smallest absolute Gasteiger partial charge is 0.240 e. The van der Waals surface area contributed by atoms with Crippen LogP contribution in [0.1, 0.15) is 36.8 Å². The first kappa shape index (κ1) is 16.0. The van der Waals surface area contributed by atoms with Gasteiger partial charge in [-0.25, -0.2) is 13.1 Å². The Morgan fingerprint density at radius 3 is 2.76 bits per heavy atom. The van der Waals surface area contributed by atoms with Crippen molar-refractivity contribution in [1.29, 1.82) is 0 Å². The van der Waals surface area contributed by atoms with E-state index in [1.165, 1.54) is 12.8 Å². The summed E-state index contributed by atoms with van der Waals surface area (Å²) in [6, 6.07) is 4.85. The lowest BCUT2D eigenvalue weighted by Gasteiger charge is -2.08. The molecule has 1 aliphatic rings. The van der Waals surface area contributed by atoms with Crippen molar-refractivity contribution < 1.29 is 13.5 Å². The third-order valence-electron chi connectivity index (χ3n) is 3.59. The normalized spacial score (nSPS) is 14.6. The van der Waals surface area contributed by atoms with Crippen LogP contribution in [0.3, 0.4) is 0 Å². The van der Waals surface area contributed by atoms with Crippen molar-refractivity contribution in [3.63, 3.8) is 0 Å². The van der Waals surface area contributed by atoms with E-state index < -0.39 is 10.0 Å². The first-order valence-electron chi connectivity index (χ1n) is 7.23. The molecule has 1 fully saturated rings. The summed E-state index contributed by atoms with van der Waals surface area (Å²) in [5.74, 6) is 6.18. The van der Waals surface area contributed by atoms with E-state index in [2.05, 4.69) is 16.6 Å². The van der Waals surface area contributed by atoms with Crippen LogP contribution in [0.5, 0.6) is 0 Å². The number of rotatable bonds is 6. The summed E-state index contributed by atoms with van der Waals surface area (Å²) in [4.78, 5) is 0.265. The van der Waals surface area contributed by atoms with E-state index in [4.69, 9.17) is 5.11 Å². The molecule has 5 heteroatoms. The number of hydrogen-bond donors (Lipinski definition) is 2. The summed E-state index contributed by atoms with van der Waals surface area (Å²) < 4.78 is 27.0. The van der Waals surface area contributed by atoms with Gasteiger partial charge in [0.25, 0.3) is 0 Å². The molecule has 21 heavy (non-hydrogen) atoms. The molecular formula is C16H21NO3S. The zero-order valence-electron chi connectivity index (χ0n) is 12.2. The number of aliphatic hydroxyl groups is 1. The minimum absolute atomic E-state index is 0.206. The predicted molar refractivity (Wildman–Crippen MR) is 82.3 cm³/mol. The summed E-state index contributed by atoms with van der Waals surface area (Å²) >= 11 is 0. The van der Waals surface area contributed by atoms with Crippen molar-refractivity contribution in [1.82, 2.24) is 4.72 Å². The van der Waals surface area contributed by atoms with Gasteiger partial charge >= 0.3 is 0 Å². The van der Waals surface area contributed by atoms with Crippen LogP contribution in [0.4, 0.5) is 0 Å². The maximum atomic E-state index is 12.2. The van der Waals surface area contributed by atoms with Crippen LogP contribution in [0.25, 0.3) is 0 Å². The second kappa shape index (κ2) is 7.08. The highest BCUT2D eigenvalue weighted by Crippen LogP contribution is 2.33. The Kier molecular flexibility index (Phi) is 5.40. The fourth-order valence-corrected chi connectivity index (χ4v) is 3.32. The SMILES string of the molecule is Cc1cc(S(=O)(=O)NCCCC2CC2)ccc1C#CCO. The van der Waals surface area contributed by atoms with E-state index in [-0.39, 0.29) is 11.5 Å². The average Bonchev–Trinajstić information content (AvgIpc) is 3.26. The van der Waals surface area contributed by atoms with Gasteiger partial charge in [-0.15, -0.1) is 0 Å². The standard InChI is InChI=1S/C16H21NO3S/c1-13-12-16(9-8-15(13)5-3-11-18)21(19,20)17-10-2-4-14-6-7-14/h8-9,12,14,17-18H,2,4,6-7,10-11H2,1H3. The third-order valence-corrected chi connectivity index (χ3v) is 5.05. The van der Waals surface area contributed by atoms with Crippen molar-refractivity contribution >= 4 is 10.0 Å². The van der Waals surface area contributed by atoms with Crippen LogP contribution >= 0.6 is 0 Å². The molecule has 0 unspecified atom stereocenters. The monoisotopic (exact) mass is 307 g/mol. The molecule has 0 radical (unpaired) electrons. The summed E-state index contributed by atoms with van der Waals surface area (Å²) in [6.45, 7) is 2.10. The highest BCUT2D eigenvalue weighted by Gasteiger charge is 2.21.